The molecule has 0 aliphatic heterocycles. The third-order valence-corrected chi connectivity index (χ3v) is 6.68. The smallest absolute Gasteiger partial charge is 0.321 e. The van der Waals surface area contributed by atoms with Crippen LogP contribution >= 0.6 is 34.5 Å². The van der Waals surface area contributed by atoms with Gasteiger partial charge in [0, 0.05) is 17.1 Å². The highest BCUT2D eigenvalue weighted by atomic mass is 35.5. The van der Waals surface area contributed by atoms with E-state index < -0.39 is 0 Å². The van der Waals surface area contributed by atoms with E-state index in [1.807, 2.05) is 44.2 Å². The van der Waals surface area contributed by atoms with Gasteiger partial charge in [0.2, 0.25) is 0 Å². The number of carbonyl (C=O) groups is 2. The minimum atomic E-state index is -0.377. The molecule has 1 aromatic heterocycles. The van der Waals surface area contributed by atoms with Crippen molar-refractivity contribution < 1.29 is 9.59 Å². The fourth-order valence-corrected chi connectivity index (χ4v) is 4.54. The Morgan fingerprint density at radius 2 is 1.76 bits per heavy atom. The molecule has 4 rings (SSSR count). The SMILES string of the molecule is Cc1ccc(CNC(=O)Nc2nc3ccc(C(=O)Nc4c(C)cccc4Cl)cc3s2)cc1Cl. The molecule has 0 radical (unpaired) electrons. The maximum Gasteiger partial charge on any atom is 0.321 e. The molecule has 0 aliphatic carbocycles. The molecule has 9 heteroatoms. The Hall–Kier alpha value is -3.13. The lowest BCUT2D eigenvalue weighted by Crippen LogP contribution is -2.28. The minimum Gasteiger partial charge on any atom is -0.334 e. The van der Waals surface area contributed by atoms with E-state index in [4.69, 9.17) is 23.2 Å². The number of carbonyl (C=O) groups excluding carboxylic acids is 2. The van der Waals surface area contributed by atoms with Crippen molar-refractivity contribution in [2.75, 3.05) is 10.6 Å². The number of urea groups is 1. The molecule has 1 heterocycles. The number of nitrogens with zero attached hydrogens (tertiary/aromatic N) is 1. The van der Waals surface area contributed by atoms with Gasteiger partial charge in [-0.3, -0.25) is 10.1 Å². The van der Waals surface area contributed by atoms with E-state index in [9.17, 15) is 9.59 Å². The number of thiazole rings is 1. The third kappa shape index (κ3) is 5.45. The normalized spacial score (nSPS) is 10.8. The van der Waals surface area contributed by atoms with Gasteiger partial charge in [0.25, 0.3) is 5.91 Å². The Morgan fingerprint density at radius 3 is 2.52 bits per heavy atom. The van der Waals surface area contributed by atoms with E-state index in [-0.39, 0.29) is 11.9 Å². The molecule has 0 unspecified atom stereocenters. The molecule has 0 spiro atoms. The van der Waals surface area contributed by atoms with Crippen LogP contribution in [0.4, 0.5) is 15.6 Å². The number of hydrogen-bond donors (Lipinski definition) is 3. The number of anilines is 2. The lowest BCUT2D eigenvalue weighted by Gasteiger charge is -2.10. The molecule has 3 aromatic carbocycles. The Balaban J connectivity index is 1.42. The van der Waals surface area contributed by atoms with E-state index in [0.717, 1.165) is 21.4 Å². The highest BCUT2D eigenvalue weighted by Crippen LogP contribution is 2.29. The van der Waals surface area contributed by atoms with Crippen molar-refractivity contribution in [1.82, 2.24) is 10.3 Å². The highest BCUT2D eigenvalue weighted by Gasteiger charge is 2.14. The molecule has 0 bridgehead atoms. The Morgan fingerprint density at radius 1 is 0.939 bits per heavy atom. The van der Waals surface area contributed by atoms with Gasteiger partial charge in [-0.15, -0.1) is 0 Å². The van der Waals surface area contributed by atoms with Crippen LogP contribution in [0.25, 0.3) is 10.2 Å². The van der Waals surface area contributed by atoms with Crippen molar-refractivity contribution in [2.24, 2.45) is 0 Å². The van der Waals surface area contributed by atoms with Crippen molar-refractivity contribution in [1.29, 1.82) is 0 Å². The van der Waals surface area contributed by atoms with Crippen molar-refractivity contribution in [2.45, 2.75) is 20.4 Å². The quantitative estimate of drug-likeness (QED) is 0.283. The maximum atomic E-state index is 12.7. The second kappa shape index (κ2) is 9.79. The predicted octanol–water partition coefficient (Wildman–Crippen LogP) is 6.79. The summed E-state index contributed by atoms with van der Waals surface area (Å²) in [4.78, 5) is 29.4. The lowest BCUT2D eigenvalue weighted by molar-refractivity contribution is 0.102. The van der Waals surface area contributed by atoms with Gasteiger partial charge in [0.15, 0.2) is 5.13 Å². The van der Waals surface area contributed by atoms with Gasteiger partial charge in [0.1, 0.15) is 0 Å². The van der Waals surface area contributed by atoms with Crippen molar-refractivity contribution >= 4 is 67.5 Å². The lowest BCUT2D eigenvalue weighted by atomic mass is 10.1. The Bertz CT molecular complexity index is 1350. The molecule has 6 nitrogen and oxygen atoms in total. The predicted molar refractivity (Wildman–Crippen MR) is 136 cm³/mol. The largest absolute Gasteiger partial charge is 0.334 e. The Kier molecular flexibility index (Phi) is 6.83. The van der Waals surface area contributed by atoms with Crippen LogP contribution in [0.15, 0.2) is 54.6 Å². The number of aryl methyl sites for hydroxylation is 2. The molecule has 168 valence electrons. The fraction of sp³-hybridized carbons (Fsp3) is 0.125. The molecule has 33 heavy (non-hydrogen) atoms. The van der Waals surface area contributed by atoms with E-state index >= 15 is 0 Å². The summed E-state index contributed by atoms with van der Waals surface area (Å²) in [6.07, 6.45) is 0. The molecular formula is C24H20Cl2N4O2S. The fourth-order valence-electron chi connectivity index (χ4n) is 3.17. The zero-order valence-corrected chi connectivity index (χ0v) is 20.2. The number of benzene rings is 3. The van der Waals surface area contributed by atoms with Crippen LogP contribution in [0.2, 0.25) is 10.0 Å². The molecular weight excluding hydrogens is 479 g/mol. The van der Waals surface area contributed by atoms with Crippen molar-refractivity contribution in [3.05, 3.63) is 86.9 Å². The molecule has 3 N–H and O–H groups in total. The summed E-state index contributed by atoms with van der Waals surface area (Å²) < 4.78 is 0.777. The number of rotatable bonds is 5. The average Bonchev–Trinajstić information content (AvgIpc) is 3.18. The van der Waals surface area contributed by atoms with Crippen LogP contribution in [0.5, 0.6) is 0 Å². The zero-order valence-electron chi connectivity index (χ0n) is 17.8. The second-order valence-electron chi connectivity index (χ2n) is 7.48. The number of nitrogens with one attached hydrogen (secondary N) is 3. The van der Waals surface area contributed by atoms with Crippen molar-refractivity contribution in [3.63, 3.8) is 0 Å². The number of aromatic nitrogens is 1. The van der Waals surface area contributed by atoms with E-state index in [1.165, 1.54) is 11.3 Å². The number of amides is 3. The molecule has 0 fully saturated rings. The van der Waals surface area contributed by atoms with Crippen LogP contribution < -0.4 is 16.0 Å². The van der Waals surface area contributed by atoms with Gasteiger partial charge in [-0.1, -0.05) is 58.8 Å². The van der Waals surface area contributed by atoms with Gasteiger partial charge in [0.05, 0.1) is 20.9 Å². The topological polar surface area (TPSA) is 83.1 Å². The number of fused-ring (bicyclic) bond motifs is 1. The monoisotopic (exact) mass is 498 g/mol. The van der Waals surface area contributed by atoms with E-state index in [0.29, 0.717) is 38.5 Å². The van der Waals surface area contributed by atoms with Gasteiger partial charge >= 0.3 is 6.03 Å². The van der Waals surface area contributed by atoms with Gasteiger partial charge in [-0.2, -0.15) is 0 Å². The van der Waals surface area contributed by atoms with E-state index in [2.05, 4.69) is 20.9 Å². The first-order valence-corrected chi connectivity index (χ1v) is 11.6. The van der Waals surface area contributed by atoms with Crippen LogP contribution in [0.1, 0.15) is 27.0 Å². The van der Waals surface area contributed by atoms with Gasteiger partial charge in [-0.25, -0.2) is 9.78 Å². The van der Waals surface area contributed by atoms with Crippen LogP contribution in [-0.4, -0.2) is 16.9 Å². The summed E-state index contributed by atoms with van der Waals surface area (Å²) in [5, 5.41) is 9.96. The first-order chi connectivity index (χ1) is 15.8. The van der Waals surface area contributed by atoms with Gasteiger partial charge < -0.3 is 10.6 Å². The molecule has 0 atom stereocenters. The van der Waals surface area contributed by atoms with Crippen LogP contribution in [0.3, 0.4) is 0 Å². The molecule has 0 saturated heterocycles. The van der Waals surface area contributed by atoms with Crippen LogP contribution in [0, 0.1) is 13.8 Å². The summed E-state index contributed by atoms with van der Waals surface area (Å²) >= 11 is 13.6. The van der Waals surface area contributed by atoms with Crippen molar-refractivity contribution in [3.8, 4) is 0 Å². The van der Waals surface area contributed by atoms with Gasteiger partial charge in [-0.05, 0) is 60.9 Å². The Labute approximate surface area is 204 Å². The summed E-state index contributed by atoms with van der Waals surface area (Å²) in [6.45, 7) is 4.14. The number of para-hydroxylation sites is 1. The zero-order chi connectivity index (χ0) is 23.5. The standard InChI is InChI=1S/C24H20Cl2N4O2S/c1-13-6-7-15(10-18(13)26)12-27-23(32)30-24-28-19-9-8-16(11-20(19)33-24)22(31)29-21-14(2)4-3-5-17(21)25/h3-11H,12H2,1-2H3,(H,29,31)(H2,27,28,30,32). The first kappa shape index (κ1) is 23.0. The molecule has 3 amide bonds. The molecule has 4 aromatic rings. The summed E-state index contributed by atoms with van der Waals surface area (Å²) in [7, 11) is 0. The van der Waals surface area contributed by atoms with E-state index in [1.54, 1.807) is 24.3 Å². The first-order valence-electron chi connectivity index (χ1n) is 10.1. The second-order valence-corrected chi connectivity index (χ2v) is 9.32. The summed E-state index contributed by atoms with van der Waals surface area (Å²) in [5.41, 5.74) is 4.50. The molecule has 0 saturated carbocycles. The third-order valence-electron chi connectivity index (χ3n) is 5.02. The minimum absolute atomic E-state index is 0.273. The number of halogens is 2. The van der Waals surface area contributed by atoms with Crippen LogP contribution in [-0.2, 0) is 6.54 Å². The average molecular weight is 499 g/mol. The maximum absolute atomic E-state index is 12.7. The molecule has 0 aliphatic rings. The highest BCUT2D eigenvalue weighted by molar-refractivity contribution is 7.22. The summed E-state index contributed by atoms with van der Waals surface area (Å²) in [6, 6.07) is 15.9. The summed E-state index contributed by atoms with van der Waals surface area (Å²) in [5.74, 6) is -0.273. The number of hydrogen-bond acceptors (Lipinski definition) is 4.